The van der Waals surface area contributed by atoms with Crippen LogP contribution in [0.1, 0.15) is 22.8 Å². The van der Waals surface area contributed by atoms with Gasteiger partial charge >= 0.3 is 6.18 Å². The third kappa shape index (κ3) is 5.14. The van der Waals surface area contributed by atoms with Crippen molar-refractivity contribution in [2.45, 2.75) is 13.1 Å². The zero-order valence-electron chi connectivity index (χ0n) is 14.3. The molecule has 0 bridgehead atoms. The Balaban J connectivity index is 2.28. The van der Waals surface area contributed by atoms with E-state index in [1.54, 1.807) is 6.92 Å². The minimum Gasteiger partial charge on any atom is -0.321 e. The maximum atomic E-state index is 13.1. The van der Waals surface area contributed by atoms with Crippen LogP contribution < -0.4 is 9.62 Å². The summed E-state index contributed by atoms with van der Waals surface area (Å²) in [6.45, 7) is 1.85. The van der Waals surface area contributed by atoms with Gasteiger partial charge < -0.3 is 5.32 Å². The summed E-state index contributed by atoms with van der Waals surface area (Å²) >= 11 is 5.61. The van der Waals surface area contributed by atoms with Gasteiger partial charge in [0.05, 0.1) is 23.2 Å². The molecule has 0 spiro atoms. The molecule has 0 aromatic heterocycles. The topological polar surface area (TPSA) is 66.5 Å². The molecule has 0 saturated heterocycles. The second-order valence-corrected chi connectivity index (χ2v) is 7.96. The van der Waals surface area contributed by atoms with E-state index in [-0.39, 0.29) is 17.1 Å². The molecule has 0 aliphatic carbocycles. The molecule has 0 radical (unpaired) electrons. The van der Waals surface area contributed by atoms with E-state index in [1.807, 2.05) is 0 Å². The van der Waals surface area contributed by atoms with E-state index in [9.17, 15) is 26.4 Å². The summed E-state index contributed by atoms with van der Waals surface area (Å²) in [4.78, 5) is 12.3. The van der Waals surface area contributed by atoms with Crippen molar-refractivity contribution in [1.82, 2.24) is 0 Å². The van der Waals surface area contributed by atoms with Crippen molar-refractivity contribution >= 4 is 38.9 Å². The highest BCUT2D eigenvalue weighted by Crippen LogP contribution is 2.36. The van der Waals surface area contributed by atoms with Crippen molar-refractivity contribution in [2.75, 3.05) is 22.4 Å². The summed E-state index contributed by atoms with van der Waals surface area (Å²) in [5.74, 6) is -0.767. The van der Waals surface area contributed by atoms with Gasteiger partial charge in [-0.15, -0.1) is 0 Å². The SMILES string of the molecule is CCN(c1ccc(C(=O)Nc2ccc(Cl)cc2C(F)(F)F)cc1)S(C)(=O)=O. The number of benzene rings is 2. The third-order valence-electron chi connectivity index (χ3n) is 3.64. The number of amides is 1. The highest BCUT2D eigenvalue weighted by atomic mass is 35.5. The molecule has 5 nitrogen and oxygen atoms in total. The van der Waals surface area contributed by atoms with Gasteiger partial charge in [-0.2, -0.15) is 13.2 Å². The van der Waals surface area contributed by atoms with Gasteiger partial charge in [-0.25, -0.2) is 8.42 Å². The Kier molecular flexibility index (Phi) is 6.06. The van der Waals surface area contributed by atoms with Crippen LogP contribution in [-0.2, 0) is 16.2 Å². The zero-order chi connectivity index (χ0) is 20.4. The predicted molar refractivity (Wildman–Crippen MR) is 98.7 cm³/mol. The van der Waals surface area contributed by atoms with E-state index < -0.39 is 33.4 Å². The summed E-state index contributed by atoms with van der Waals surface area (Å²) in [7, 11) is -3.48. The monoisotopic (exact) mass is 420 g/mol. The lowest BCUT2D eigenvalue weighted by molar-refractivity contribution is -0.136. The summed E-state index contributed by atoms with van der Waals surface area (Å²) in [5, 5.41) is 2.10. The number of anilines is 2. The predicted octanol–water partition coefficient (Wildman–Crippen LogP) is 4.40. The Hall–Kier alpha value is -2.26. The molecule has 0 heterocycles. The van der Waals surface area contributed by atoms with E-state index in [1.165, 1.54) is 30.3 Å². The van der Waals surface area contributed by atoms with Crippen molar-refractivity contribution in [3.05, 3.63) is 58.6 Å². The van der Waals surface area contributed by atoms with Gasteiger partial charge in [0, 0.05) is 17.1 Å². The molecule has 0 aliphatic heterocycles. The molecule has 0 atom stereocenters. The summed E-state index contributed by atoms with van der Waals surface area (Å²) in [6.07, 6.45) is -3.63. The number of alkyl halides is 3. The van der Waals surface area contributed by atoms with Crippen LogP contribution >= 0.6 is 11.6 Å². The normalized spacial score (nSPS) is 11.9. The van der Waals surface area contributed by atoms with Crippen LogP contribution in [0.3, 0.4) is 0 Å². The fourth-order valence-electron chi connectivity index (χ4n) is 2.44. The van der Waals surface area contributed by atoms with E-state index in [4.69, 9.17) is 11.6 Å². The molecule has 1 N–H and O–H groups in total. The molecule has 1 amide bonds. The minimum atomic E-state index is -4.69. The number of rotatable bonds is 5. The van der Waals surface area contributed by atoms with Crippen LogP contribution in [-0.4, -0.2) is 27.1 Å². The van der Waals surface area contributed by atoms with Gasteiger partial charge in [0.25, 0.3) is 5.91 Å². The Bertz CT molecular complexity index is 945. The third-order valence-corrected chi connectivity index (χ3v) is 5.15. The lowest BCUT2D eigenvalue weighted by atomic mass is 10.1. The number of nitrogens with one attached hydrogen (secondary N) is 1. The van der Waals surface area contributed by atoms with Gasteiger partial charge in [-0.3, -0.25) is 9.10 Å². The molecule has 0 unspecified atom stereocenters. The highest BCUT2D eigenvalue weighted by molar-refractivity contribution is 7.92. The average Bonchev–Trinajstić information content (AvgIpc) is 2.55. The highest BCUT2D eigenvalue weighted by Gasteiger charge is 2.34. The fourth-order valence-corrected chi connectivity index (χ4v) is 3.59. The van der Waals surface area contributed by atoms with Gasteiger partial charge in [0.2, 0.25) is 10.0 Å². The van der Waals surface area contributed by atoms with Crippen molar-refractivity contribution in [3.63, 3.8) is 0 Å². The number of hydrogen-bond donors (Lipinski definition) is 1. The largest absolute Gasteiger partial charge is 0.418 e. The molecular formula is C17H16ClF3N2O3S. The van der Waals surface area contributed by atoms with Crippen LogP contribution in [0.2, 0.25) is 5.02 Å². The Morgan fingerprint density at radius 3 is 2.22 bits per heavy atom. The molecule has 0 fully saturated rings. The fraction of sp³-hybridized carbons (Fsp3) is 0.235. The van der Waals surface area contributed by atoms with Crippen LogP contribution in [0.4, 0.5) is 24.5 Å². The number of carbonyl (C=O) groups is 1. The molecule has 2 rings (SSSR count). The maximum Gasteiger partial charge on any atom is 0.418 e. The summed E-state index contributed by atoms with van der Waals surface area (Å²) < 4.78 is 63.9. The summed E-state index contributed by atoms with van der Waals surface area (Å²) in [6, 6.07) is 8.52. The van der Waals surface area contributed by atoms with Gasteiger partial charge in [-0.05, 0) is 49.4 Å². The molecule has 0 aliphatic rings. The number of halogens is 4. The quantitative estimate of drug-likeness (QED) is 0.779. The number of carbonyl (C=O) groups excluding carboxylic acids is 1. The number of nitrogens with zero attached hydrogens (tertiary/aromatic N) is 1. The molecule has 2 aromatic carbocycles. The van der Waals surface area contributed by atoms with Crippen molar-refractivity contribution in [2.24, 2.45) is 0 Å². The molecule has 27 heavy (non-hydrogen) atoms. The van der Waals surface area contributed by atoms with Gasteiger partial charge in [0.15, 0.2) is 0 Å². The minimum absolute atomic E-state index is 0.0754. The number of sulfonamides is 1. The van der Waals surface area contributed by atoms with Crippen LogP contribution in [0.5, 0.6) is 0 Å². The first-order valence-corrected chi connectivity index (χ1v) is 9.92. The van der Waals surface area contributed by atoms with Crippen LogP contribution in [0.25, 0.3) is 0 Å². The van der Waals surface area contributed by atoms with E-state index in [0.717, 1.165) is 22.7 Å². The Morgan fingerprint density at radius 1 is 1.15 bits per heavy atom. The van der Waals surface area contributed by atoms with E-state index in [0.29, 0.717) is 5.69 Å². The Morgan fingerprint density at radius 2 is 1.74 bits per heavy atom. The van der Waals surface area contributed by atoms with Gasteiger partial charge in [-0.1, -0.05) is 11.6 Å². The van der Waals surface area contributed by atoms with Crippen molar-refractivity contribution < 1.29 is 26.4 Å². The Labute approximate surface area is 159 Å². The standard InChI is InChI=1S/C17H16ClF3N2O3S/c1-3-23(27(2,25)26)13-7-4-11(5-8-13)16(24)22-15-9-6-12(18)10-14(15)17(19,20)21/h4-10H,3H2,1-2H3,(H,22,24). The van der Waals surface area contributed by atoms with Gasteiger partial charge in [0.1, 0.15) is 0 Å². The molecular weight excluding hydrogens is 405 g/mol. The smallest absolute Gasteiger partial charge is 0.321 e. The maximum absolute atomic E-state index is 13.1. The lowest BCUT2D eigenvalue weighted by Gasteiger charge is -2.20. The second-order valence-electron chi connectivity index (χ2n) is 5.62. The molecule has 0 saturated carbocycles. The van der Waals surface area contributed by atoms with E-state index >= 15 is 0 Å². The molecule has 146 valence electrons. The first-order valence-electron chi connectivity index (χ1n) is 7.69. The first kappa shape index (κ1) is 21.0. The molecule has 2 aromatic rings. The van der Waals surface area contributed by atoms with Crippen molar-refractivity contribution in [3.8, 4) is 0 Å². The molecule has 10 heteroatoms. The summed E-state index contributed by atoms with van der Waals surface area (Å²) in [5.41, 5.74) is -1.06. The average molecular weight is 421 g/mol. The number of hydrogen-bond acceptors (Lipinski definition) is 3. The first-order chi connectivity index (χ1) is 12.4. The van der Waals surface area contributed by atoms with E-state index in [2.05, 4.69) is 5.32 Å². The van der Waals surface area contributed by atoms with Crippen LogP contribution in [0.15, 0.2) is 42.5 Å². The van der Waals surface area contributed by atoms with Crippen LogP contribution in [0, 0.1) is 0 Å². The zero-order valence-corrected chi connectivity index (χ0v) is 15.9. The van der Waals surface area contributed by atoms with Crippen molar-refractivity contribution in [1.29, 1.82) is 0 Å². The lowest BCUT2D eigenvalue weighted by Crippen LogP contribution is -2.29. The second kappa shape index (κ2) is 7.77.